The smallest absolute Gasteiger partial charge is 0.222 e. The van der Waals surface area contributed by atoms with E-state index >= 15 is 0 Å². The molecule has 2 aromatic heterocycles. The van der Waals surface area contributed by atoms with Crippen LogP contribution in [0.25, 0.3) is 11.0 Å². The minimum absolute atomic E-state index is 0.0593. The summed E-state index contributed by atoms with van der Waals surface area (Å²) in [6.45, 7) is 1.54. The number of hydrogen-bond donors (Lipinski definition) is 3. The number of hydrogen-bond acceptors (Lipinski definition) is 7. The normalized spacial score (nSPS) is 16.1. The predicted octanol–water partition coefficient (Wildman–Crippen LogP) is 3.89. The van der Waals surface area contributed by atoms with Gasteiger partial charge >= 0.3 is 0 Å². The second kappa shape index (κ2) is 9.86. The number of carbonyl (C=O) groups excluding carboxylic acids is 1. The molecule has 0 fully saturated rings. The summed E-state index contributed by atoms with van der Waals surface area (Å²) in [4.78, 5) is 29.9. The number of halogens is 1. The maximum Gasteiger partial charge on any atom is 0.222 e. The summed E-state index contributed by atoms with van der Waals surface area (Å²) in [5.41, 5.74) is 1.58. The lowest BCUT2D eigenvalue weighted by molar-refractivity contribution is -0.129. The number of benzene rings is 1. The summed E-state index contributed by atoms with van der Waals surface area (Å²) in [5, 5.41) is 14.8. The number of nitrogens with one attached hydrogen (secondary N) is 2. The Bertz CT molecular complexity index is 1150. The van der Waals surface area contributed by atoms with Gasteiger partial charge < -0.3 is 25.0 Å². The van der Waals surface area contributed by atoms with Gasteiger partial charge in [-0.3, -0.25) is 9.79 Å². The number of rotatable bonds is 0. The van der Waals surface area contributed by atoms with Crippen LogP contribution in [0.2, 0.25) is 5.02 Å². The molecule has 1 amide bonds. The number of aliphatic imine (C=N–C) groups is 1. The SMILES string of the molecule is CN1CCNc2ncnc3[nH]c(O)c(c23)C=Nc2ccc(Cl)c(c2)OCCCCCC1=O. The number of likely N-dealkylation sites (N-methyl/N-ethyl adjacent to an activating group) is 1. The number of anilines is 1. The Morgan fingerprint density at radius 1 is 1.22 bits per heavy atom. The van der Waals surface area contributed by atoms with E-state index in [1.165, 1.54) is 6.33 Å². The van der Waals surface area contributed by atoms with Gasteiger partial charge in [0.2, 0.25) is 5.91 Å². The van der Waals surface area contributed by atoms with Crippen molar-refractivity contribution in [1.82, 2.24) is 19.9 Å². The number of fused-ring (bicyclic) bond motifs is 2. The first kappa shape index (κ1) is 21.9. The van der Waals surface area contributed by atoms with E-state index in [1.54, 1.807) is 36.4 Å². The molecule has 32 heavy (non-hydrogen) atoms. The minimum Gasteiger partial charge on any atom is -0.494 e. The lowest BCUT2D eigenvalue weighted by Crippen LogP contribution is -2.31. The average molecular weight is 457 g/mol. The molecule has 3 aromatic rings. The molecular weight excluding hydrogens is 432 g/mol. The van der Waals surface area contributed by atoms with E-state index in [4.69, 9.17) is 16.3 Å². The molecular formula is C22H25ClN6O3. The first-order chi connectivity index (χ1) is 15.5. The molecule has 0 spiro atoms. The molecule has 10 heteroatoms. The third kappa shape index (κ3) is 4.94. The maximum atomic E-state index is 12.4. The number of ether oxygens (including phenoxy) is 1. The third-order valence-electron chi connectivity index (χ3n) is 5.32. The highest BCUT2D eigenvalue weighted by atomic mass is 35.5. The predicted molar refractivity (Wildman–Crippen MR) is 124 cm³/mol. The second-order valence-electron chi connectivity index (χ2n) is 7.61. The number of H-pyrrole nitrogens is 1. The van der Waals surface area contributed by atoms with E-state index in [0.29, 0.717) is 65.0 Å². The van der Waals surface area contributed by atoms with Crippen molar-refractivity contribution >= 4 is 46.3 Å². The Balaban J connectivity index is 1.69. The van der Waals surface area contributed by atoms with Crippen LogP contribution in [0.1, 0.15) is 31.2 Å². The highest BCUT2D eigenvalue weighted by Crippen LogP contribution is 2.32. The largest absolute Gasteiger partial charge is 0.494 e. The van der Waals surface area contributed by atoms with Gasteiger partial charge in [0.05, 0.1) is 28.3 Å². The molecule has 1 aliphatic rings. The standard InChI is InChI=1S/C22H25ClN6O3/c1-29-9-8-24-20-19-15(22(31)28-21(19)27-13-26-20)12-25-14-6-7-16(23)17(11-14)32-10-4-2-3-5-18(29)30/h6-7,11-13,31H,2-5,8-10H2,1H3,(H2,24,26,27,28). The van der Waals surface area contributed by atoms with Gasteiger partial charge in [0.1, 0.15) is 23.5 Å². The zero-order valence-electron chi connectivity index (χ0n) is 17.8. The van der Waals surface area contributed by atoms with Gasteiger partial charge in [0, 0.05) is 38.8 Å². The molecule has 168 valence electrons. The number of aromatic hydroxyl groups is 1. The molecule has 3 heterocycles. The van der Waals surface area contributed by atoms with Crippen molar-refractivity contribution in [3.8, 4) is 11.6 Å². The number of carbonyl (C=O) groups is 1. The number of aromatic amines is 1. The van der Waals surface area contributed by atoms with Crippen LogP contribution in [0.3, 0.4) is 0 Å². The van der Waals surface area contributed by atoms with Crippen molar-refractivity contribution in [3.05, 3.63) is 35.1 Å². The lowest BCUT2D eigenvalue weighted by atomic mass is 10.2. The molecule has 0 saturated heterocycles. The van der Waals surface area contributed by atoms with Crippen LogP contribution in [-0.2, 0) is 4.79 Å². The molecule has 3 N–H and O–H groups in total. The van der Waals surface area contributed by atoms with Gasteiger partial charge in [-0.15, -0.1) is 0 Å². The van der Waals surface area contributed by atoms with E-state index < -0.39 is 0 Å². The van der Waals surface area contributed by atoms with Gasteiger partial charge in [-0.2, -0.15) is 0 Å². The molecule has 4 rings (SSSR count). The average Bonchev–Trinajstić information content (AvgIpc) is 3.11. The Morgan fingerprint density at radius 3 is 2.97 bits per heavy atom. The Labute approximate surface area is 190 Å². The number of nitrogens with zero attached hydrogens (tertiary/aromatic N) is 4. The monoisotopic (exact) mass is 456 g/mol. The van der Waals surface area contributed by atoms with Crippen molar-refractivity contribution in [3.63, 3.8) is 0 Å². The first-order valence-electron chi connectivity index (χ1n) is 10.5. The summed E-state index contributed by atoms with van der Waals surface area (Å²) in [7, 11) is 1.79. The zero-order valence-corrected chi connectivity index (χ0v) is 18.5. The number of aromatic nitrogens is 3. The van der Waals surface area contributed by atoms with Gasteiger partial charge in [0.25, 0.3) is 0 Å². The highest BCUT2D eigenvalue weighted by molar-refractivity contribution is 6.32. The van der Waals surface area contributed by atoms with Crippen molar-refractivity contribution in [2.75, 3.05) is 32.1 Å². The fourth-order valence-corrected chi connectivity index (χ4v) is 3.68. The molecule has 0 radical (unpaired) electrons. The van der Waals surface area contributed by atoms with Gasteiger partial charge in [0.15, 0.2) is 5.88 Å². The molecule has 0 aliphatic carbocycles. The number of amides is 1. The quantitative estimate of drug-likeness (QED) is 0.472. The lowest BCUT2D eigenvalue weighted by Gasteiger charge is -2.18. The zero-order chi connectivity index (χ0) is 22.5. The van der Waals surface area contributed by atoms with Crippen molar-refractivity contribution in [2.24, 2.45) is 4.99 Å². The van der Waals surface area contributed by atoms with Crippen LogP contribution < -0.4 is 10.1 Å². The summed E-state index contributed by atoms with van der Waals surface area (Å²) < 4.78 is 5.83. The second-order valence-corrected chi connectivity index (χ2v) is 8.01. The van der Waals surface area contributed by atoms with E-state index in [9.17, 15) is 9.90 Å². The maximum absolute atomic E-state index is 12.4. The van der Waals surface area contributed by atoms with E-state index in [1.807, 2.05) is 0 Å². The molecule has 9 nitrogen and oxygen atoms in total. The summed E-state index contributed by atoms with van der Waals surface area (Å²) in [6, 6.07) is 5.26. The highest BCUT2D eigenvalue weighted by Gasteiger charge is 2.16. The molecule has 0 saturated carbocycles. The fraction of sp³-hybridized carbons (Fsp3) is 0.364. The molecule has 2 bridgehead atoms. The summed E-state index contributed by atoms with van der Waals surface area (Å²) >= 11 is 6.27. The van der Waals surface area contributed by atoms with Gasteiger partial charge in [-0.25, -0.2) is 9.97 Å². The molecule has 0 unspecified atom stereocenters. The third-order valence-corrected chi connectivity index (χ3v) is 5.64. The molecule has 1 aromatic carbocycles. The topological polar surface area (TPSA) is 116 Å². The van der Waals surface area contributed by atoms with Crippen molar-refractivity contribution in [2.45, 2.75) is 25.7 Å². The van der Waals surface area contributed by atoms with Crippen molar-refractivity contribution < 1.29 is 14.6 Å². The fourth-order valence-electron chi connectivity index (χ4n) is 3.51. The summed E-state index contributed by atoms with van der Waals surface area (Å²) in [5.74, 6) is 1.13. The summed E-state index contributed by atoms with van der Waals surface area (Å²) in [6.07, 6.45) is 5.98. The van der Waals surface area contributed by atoms with E-state index in [-0.39, 0.29) is 11.8 Å². The molecule has 1 aliphatic heterocycles. The van der Waals surface area contributed by atoms with E-state index in [2.05, 4.69) is 25.3 Å². The van der Waals surface area contributed by atoms with Crippen LogP contribution in [0.4, 0.5) is 11.5 Å². The van der Waals surface area contributed by atoms with Crippen LogP contribution in [0.5, 0.6) is 11.6 Å². The Morgan fingerprint density at radius 2 is 2.09 bits per heavy atom. The minimum atomic E-state index is -0.0593. The molecule has 0 atom stereocenters. The van der Waals surface area contributed by atoms with Gasteiger partial charge in [-0.1, -0.05) is 11.6 Å². The Kier molecular flexibility index (Phi) is 6.75. The van der Waals surface area contributed by atoms with Crippen LogP contribution in [0, 0.1) is 0 Å². The first-order valence-corrected chi connectivity index (χ1v) is 10.9. The van der Waals surface area contributed by atoms with Crippen LogP contribution >= 0.6 is 11.6 Å². The van der Waals surface area contributed by atoms with Crippen molar-refractivity contribution in [1.29, 1.82) is 0 Å². The Hall–Kier alpha value is -3.33. The van der Waals surface area contributed by atoms with Gasteiger partial charge in [-0.05, 0) is 31.4 Å². The van der Waals surface area contributed by atoms with Crippen LogP contribution in [-0.4, -0.2) is 63.8 Å². The van der Waals surface area contributed by atoms with Crippen LogP contribution in [0.15, 0.2) is 29.5 Å². The van der Waals surface area contributed by atoms with E-state index in [0.717, 1.165) is 19.3 Å².